The Labute approximate surface area is 107 Å². The molecule has 3 nitrogen and oxygen atoms in total. The van der Waals surface area contributed by atoms with Crippen molar-refractivity contribution in [3.63, 3.8) is 0 Å². The second-order valence-corrected chi connectivity index (χ2v) is 5.65. The fourth-order valence-electron chi connectivity index (χ4n) is 2.47. The molecule has 1 aliphatic heterocycles. The highest BCUT2D eigenvalue weighted by Crippen LogP contribution is 2.33. The van der Waals surface area contributed by atoms with Crippen LogP contribution in [0.3, 0.4) is 0 Å². The average molecular weight is 252 g/mol. The van der Waals surface area contributed by atoms with Crippen molar-refractivity contribution in [2.24, 2.45) is 11.7 Å². The summed E-state index contributed by atoms with van der Waals surface area (Å²) in [6.45, 7) is 3.62. The molecule has 1 aliphatic rings. The maximum Gasteiger partial charge on any atom is 0.223 e. The third-order valence-corrected chi connectivity index (χ3v) is 4.36. The van der Waals surface area contributed by atoms with Crippen LogP contribution in [0.15, 0.2) is 17.5 Å². The number of rotatable bonds is 5. The van der Waals surface area contributed by atoms with Gasteiger partial charge < -0.3 is 10.6 Å². The van der Waals surface area contributed by atoms with Crippen LogP contribution in [0.5, 0.6) is 0 Å². The van der Waals surface area contributed by atoms with Crippen LogP contribution in [0.25, 0.3) is 0 Å². The lowest BCUT2D eigenvalue weighted by atomic mass is 10.1. The average Bonchev–Trinajstić information content (AvgIpc) is 2.95. The first kappa shape index (κ1) is 12.6. The van der Waals surface area contributed by atoms with Crippen molar-refractivity contribution >= 4 is 17.2 Å². The maximum absolute atomic E-state index is 12.0. The molecule has 1 aromatic rings. The number of hydrogen-bond donors (Lipinski definition) is 1. The first-order valence-corrected chi connectivity index (χ1v) is 7.17. The van der Waals surface area contributed by atoms with Crippen molar-refractivity contribution in [2.75, 3.05) is 13.1 Å². The molecular formula is C13H20N2OS. The number of nitrogens with zero attached hydrogens (tertiary/aromatic N) is 1. The van der Waals surface area contributed by atoms with Gasteiger partial charge in [-0.15, -0.1) is 11.3 Å². The van der Waals surface area contributed by atoms with Crippen molar-refractivity contribution in [1.82, 2.24) is 4.90 Å². The highest BCUT2D eigenvalue weighted by atomic mass is 32.1. The van der Waals surface area contributed by atoms with E-state index in [0.717, 1.165) is 19.4 Å². The van der Waals surface area contributed by atoms with Gasteiger partial charge in [0.15, 0.2) is 0 Å². The highest BCUT2D eigenvalue weighted by Gasteiger charge is 2.34. The van der Waals surface area contributed by atoms with E-state index in [1.54, 1.807) is 11.3 Å². The van der Waals surface area contributed by atoms with Gasteiger partial charge in [0.25, 0.3) is 0 Å². The Kier molecular flexibility index (Phi) is 4.18. The Morgan fingerprint density at radius 2 is 2.47 bits per heavy atom. The predicted octanol–water partition coefficient (Wildman–Crippen LogP) is 2.40. The Morgan fingerprint density at radius 3 is 3.00 bits per heavy atom. The number of hydrogen-bond acceptors (Lipinski definition) is 3. The molecule has 0 radical (unpaired) electrons. The molecule has 0 saturated carbocycles. The molecule has 2 unspecified atom stereocenters. The number of amides is 1. The standard InChI is InChI=1S/C13H20N2OS/c1-2-4-11(12-5-3-6-17-12)15-9-10(8-14)7-13(15)16/h3,5-6,10-11H,2,4,7-9,14H2,1H3. The van der Waals surface area contributed by atoms with Gasteiger partial charge in [0.2, 0.25) is 5.91 Å². The zero-order valence-corrected chi connectivity index (χ0v) is 11.1. The summed E-state index contributed by atoms with van der Waals surface area (Å²) in [4.78, 5) is 15.4. The summed E-state index contributed by atoms with van der Waals surface area (Å²) in [6.07, 6.45) is 2.77. The van der Waals surface area contributed by atoms with Crippen LogP contribution < -0.4 is 5.73 Å². The van der Waals surface area contributed by atoms with Crippen LogP contribution >= 0.6 is 11.3 Å². The zero-order valence-electron chi connectivity index (χ0n) is 10.3. The van der Waals surface area contributed by atoms with E-state index < -0.39 is 0 Å². The van der Waals surface area contributed by atoms with Gasteiger partial charge in [0.05, 0.1) is 6.04 Å². The molecule has 94 valence electrons. The lowest BCUT2D eigenvalue weighted by Gasteiger charge is -2.27. The summed E-state index contributed by atoms with van der Waals surface area (Å²) >= 11 is 1.74. The molecule has 2 N–H and O–H groups in total. The smallest absolute Gasteiger partial charge is 0.223 e. The minimum absolute atomic E-state index is 0.268. The van der Waals surface area contributed by atoms with Crippen LogP contribution in [0.4, 0.5) is 0 Å². The minimum Gasteiger partial charge on any atom is -0.334 e. The SMILES string of the molecule is CCCC(c1cccs1)N1CC(CN)CC1=O. The Bertz CT molecular complexity index is 364. The van der Waals surface area contributed by atoms with Crippen molar-refractivity contribution in [3.8, 4) is 0 Å². The Balaban J connectivity index is 2.14. The number of carbonyl (C=O) groups excluding carboxylic acids is 1. The molecule has 1 fully saturated rings. The van der Waals surface area contributed by atoms with E-state index in [0.29, 0.717) is 18.9 Å². The second-order valence-electron chi connectivity index (χ2n) is 4.67. The van der Waals surface area contributed by atoms with Crippen molar-refractivity contribution in [3.05, 3.63) is 22.4 Å². The Morgan fingerprint density at radius 1 is 1.65 bits per heavy atom. The molecule has 2 rings (SSSR count). The van der Waals surface area contributed by atoms with Gasteiger partial charge in [-0.25, -0.2) is 0 Å². The quantitative estimate of drug-likeness (QED) is 0.874. The van der Waals surface area contributed by atoms with E-state index in [9.17, 15) is 4.79 Å². The molecule has 2 heterocycles. The summed E-state index contributed by atoms with van der Waals surface area (Å²) in [7, 11) is 0. The Hall–Kier alpha value is -0.870. The van der Waals surface area contributed by atoms with Gasteiger partial charge in [-0.1, -0.05) is 19.4 Å². The molecule has 0 aliphatic carbocycles. The van der Waals surface area contributed by atoms with Crippen molar-refractivity contribution in [1.29, 1.82) is 0 Å². The first-order valence-electron chi connectivity index (χ1n) is 6.29. The molecule has 1 amide bonds. The fourth-order valence-corrected chi connectivity index (χ4v) is 3.35. The van der Waals surface area contributed by atoms with E-state index in [1.807, 2.05) is 4.90 Å². The van der Waals surface area contributed by atoms with E-state index in [-0.39, 0.29) is 11.9 Å². The lowest BCUT2D eigenvalue weighted by Crippen LogP contribution is -2.30. The molecule has 17 heavy (non-hydrogen) atoms. The molecule has 0 aromatic carbocycles. The van der Waals surface area contributed by atoms with Gasteiger partial charge in [-0.3, -0.25) is 4.79 Å². The number of carbonyl (C=O) groups is 1. The van der Waals surface area contributed by atoms with Crippen molar-refractivity contribution < 1.29 is 4.79 Å². The topological polar surface area (TPSA) is 46.3 Å². The van der Waals surface area contributed by atoms with E-state index in [4.69, 9.17) is 5.73 Å². The highest BCUT2D eigenvalue weighted by molar-refractivity contribution is 7.10. The third-order valence-electron chi connectivity index (χ3n) is 3.38. The zero-order chi connectivity index (χ0) is 12.3. The van der Waals surface area contributed by atoms with Crippen LogP contribution in [-0.2, 0) is 4.79 Å². The van der Waals surface area contributed by atoms with Crippen molar-refractivity contribution in [2.45, 2.75) is 32.2 Å². The van der Waals surface area contributed by atoms with E-state index in [1.165, 1.54) is 4.88 Å². The van der Waals surface area contributed by atoms with E-state index in [2.05, 4.69) is 24.4 Å². The van der Waals surface area contributed by atoms with Gasteiger partial charge in [-0.05, 0) is 30.3 Å². The predicted molar refractivity (Wildman–Crippen MR) is 70.8 cm³/mol. The number of likely N-dealkylation sites (tertiary alicyclic amines) is 1. The largest absolute Gasteiger partial charge is 0.334 e. The van der Waals surface area contributed by atoms with E-state index >= 15 is 0 Å². The number of nitrogens with two attached hydrogens (primary N) is 1. The first-order chi connectivity index (χ1) is 8.26. The van der Waals surface area contributed by atoms with Crippen LogP contribution in [0.2, 0.25) is 0 Å². The molecule has 0 bridgehead atoms. The second kappa shape index (κ2) is 5.65. The van der Waals surface area contributed by atoms with Crippen LogP contribution in [0, 0.1) is 5.92 Å². The summed E-state index contributed by atoms with van der Waals surface area (Å²) in [5.74, 6) is 0.620. The summed E-state index contributed by atoms with van der Waals surface area (Å²) in [6, 6.07) is 4.46. The normalized spacial score (nSPS) is 22.1. The summed E-state index contributed by atoms with van der Waals surface area (Å²) in [5.41, 5.74) is 5.67. The van der Waals surface area contributed by atoms with Gasteiger partial charge in [-0.2, -0.15) is 0 Å². The molecule has 1 saturated heterocycles. The lowest BCUT2D eigenvalue weighted by molar-refractivity contribution is -0.129. The summed E-state index contributed by atoms with van der Waals surface area (Å²) in [5, 5.41) is 2.08. The monoisotopic (exact) mass is 252 g/mol. The van der Waals surface area contributed by atoms with Gasteiger partial charge in [0, 0.05) is 17.8 Å². The van der Waals surface area contributed by atoms with Crippen LogP contribution in [-0.4, -0.2) is 23.9 Å². The molecule has 0 spiro atoms. The number of thiophene rings is 1. The maximum atomic E-state index is 12.0. The minimum atomic E-state index is 0.268. The van der Waals surface area contributed by atoms with Gasteiger partial charge >= 0.3 is 0 Å². The van der Waals surface area contributed by atoms with Gasteiger partial charge in [0.1, 0.15) is 0 Å². The molecule has 2 atom stereocenters. The summed E-state index contributed by atoms with van der Waals surface area (Å²) < 4.78 is 0. The molecule has 4 heteroatoms. The fraction of sp³-hybridized carbons (Fsp3) is 0.615. The molecular weight excluding hydrogens is 232 g/mol. The van der Waals surface area contributed by atoms with Crippen LogP contribution in [0.1, 0.15) is 37.1 Å². The molecule has 1 aromatic heterocycles. The third kappa shape index (κ3) is 2.69.